The van der Waals surface area contributed by atoms with Gasteiger partial charge in [-0.15, -0.1) is 0 Å². The maximum Gasteiger partial charge on any atom is 0.244 e. The number of carbonyl (C=O) groups is 1. The maximum absolute atomic E-state index is 12.4. The molecule has 0 spiro atoms. The molecule has 4 rings (SSSR count). The van der Waals surface area contributed by atoms with Crippen molar-refractivity contribution in [3.63, 3.8) is 0 Å². The van der Waals surface area contributed by atoms with E-state index < -0.39 is 0 Å². The summed E-state index contributed by atoms with van der Waals surface area (Å²) in [5, 5.41) is 2.92. The topological polar surface area (TPSA) is 85.5 Å². The Bertz CT molecular complexity index is 1040. The SMILES string of the molecule is COc1cc(/C=C\C(=O)N[C@H](C)c2ncc(-c3ccccc3)[nH]2)cc2c1OCCO2. The number of aromatic nitrogens is 2. The predicted molar refractivity (Wildman–Crippen MR) is 114 cm³/mol. The van der Waals surface area contributed by atoms with Gasteiger partial charge in [-0.1, -0.05) is 30.3 Å². The van der Waals surface area contributed by atoms with Crippen molar-refractivity contribution in [1.29, 1.82) is 0 Å². The standard InChI is InChI=1S/C23H23N3O4/c1-15(23-24-14-18(26-23)17-6-4-3-5-7-17)25-21(27)9-8-16-12-19(28-2)22-20(13-16)29-10-11-30-22/h3-9,12-15H,10-11H2,1-2H3,(H,24,26)(H,25,27)/b9-8-/t15-/m1/s1. The molecule has 0 unspecified atom stereocenters. The minimum Gasteiger partial charge on any atom is -0.493 e. The van der Waals surface area contributed by atoms with E-state index in [-0.39, 0.29) is 11.9 Å². The van der Waals surface area contributed by atoms with Crippen LogP contribution in [0.5, 0.6) is 17.2 Å². The van der Waals surface area contributed by atoms with Crippen LogP contribution in [0.15, 0.2) is 54.7 Å². The van der Waals surface area contributed by atoms with E-state index in [1.807, 2.05) is 43.3 Å². The van der Waals surface area contributed by atoms with Gasteiger partial charge in [0.2, 0.25) is 11.7 Å². The van der Waals surface area contributed by atoms with E-state index in [0.29, 0.717) is 36.3 Å². The fourth-order valence-electron chi connectivity index (χ4n) is 3.21. The first-order valence-corrected chi connectivity index (χ1v) is 9.70. The van der Waals surface area contributed by atoms with Crippen LogP contribution in [0.25, 0.3) is 17.3 Å². The van der Waals surface area contributed by atoms with Crippen LogP contribution in [0.2, 0.25) is 0 Å². The largest absolute Gasteiger partial charge is 0.493 e. The highest BCUT2D eigenvalue weighted by Gasteiger charge is 2.18. The Morgan fingerprint density at radius 2 is 2.03 bits per heavy atom. The Labute approximate surface area is 174 Å². The molecule has 2 N–H and O–H groups in total. The van der Waals surface area contributed by atoms with Crippen LogP contribution in [-0.4, -0.2) is 36.2 Å². The van der Waals surface area contributed by atoms with Crippen molar-refractivity contribution in [2.75, 3.05) is 20.3 Å². The summed E-state index contributed by atoms with van der Waals surface area (Å²) in [5.41, 5.74) is 2.73. The smallest absolute Gasteiger partial charge is 0.244 e. The molecular weight excluding hydrogens is 382 g/mol. The highest BCUT2D eigenvalue weighted by Crippen LogP contribution is 2.40. The van der Waals surface area contributed by atoms with Gasteiger partial charge in [-0.3, -0.25) is 4.79 Å². The van der Waals surface area contributed by atoms with Crippen LogP contribution in [0.4, 0.5) is 0 Å². The second kappa shape index (κ2) is 8.73. The molecule has 1 atom stereocenters. The normalized spacial score (nSPS) is 13.8. The van der Waals surface area contributed by atoms with Gasteiger partial charge in [0.25, 0.3) is 0 Å². The van der Waals surface area contributed by atoms with E-state index in [1.165, 1.54) is 6.08 Å². The van der Waals surface area contributed by atoms with Gasteiger partial charge in [-0.25, -0.2) is 4.98 Å². The van der Waals surface area contributed by atoms with E-state index >= 15 is 0 Å². The molecule has 154 valence electrons. The van der Waals surface area contributed by atoms with Gasteiger partial charge in [0.1, 0.15) is 19.0 Å². The van der Waals surface area contributed by atoms with Crippen LogP contribution >= 0.6 is 0 Å². The van der Waals surface area contributed by atoms with Crippen molar-refractivity contribution in [1.82, 2.24) is 15.3 Å². The Balaban J connectivity index is 1.42. The molecule has 0 radical (unpaired) electrons. The lowest BCUT2D eigenvalue weighted by atomic mass is 10.1. The molecular formula is C23H23N3O4. The number of benzene rings is 2. The third-order valence-electron chi connectivity index (χ3n) is 4.73. The highest BCUT2D eigenvalue weighted by atomic mass is 16.6. The Morgan fingerprint density at radius 1 is 1.23 bits per heavy atom. The summed E-state index contributed by atoms with van der Waals surface area (Å²) in [5.74, 6) is 2.24. The van der Waals surface area contributed by atoms with Crippen molar-refractivity contribution in [2.45, 2.75) is 13.0 Å². The molecule has 0 aliphatic carbocycles. The number of H-pyrrole nitrogens is 1. The Morgan fingerprint density at radius 3 is 2.83 bits per heavy atom. The predicted octanol–water partition coefficient (Wildman–Crippen LogP) is 3.75. The maximum atomic E-state index is 12.4. The average molecular weight is 405 g/mol. The van der Waals surface area contributed by atoms with Crippen molar-refractivity contribution < 1.29 is 19.0 Å². The number of nitrogens with zero attached hydrogens (tertiary/aromatic N) is 1. The van der Waals surface area contributed by atoms with Gasteiger partial charge in [0.15, 0.2) is 11.5 Å². The number of hydrogen-bond acceptors (Lipinski definition) is 5. The number of aromatic amines is 1. The van der Waals surface area contributed by atoms with E-state index in [4.69, 9.17) is 14.2 Å². The summed E-state index contributed by atoms with van der Waals surface area (Å²) in [6, 6.07) is 13.3. The number of ether oxygens (including phenoxy) is 3. The molecule has 0 saturated heterocycles. The molecule has 1 aliphatic heterocycles. The number of rotatable bonds is 6. The summed E-state index contributed by atoms with van der Waals surface area (Å²) in [7, 11) is 1.57. The summed E-state index contributed by atoms with van der Waals surface area (Å²) in [4.78, 5) is 20.0. The van der Waals surface area contributed by atoms with Gasteiger partial charge in [0.05, 0.1) is 25.0 Å². The lowest BCUT2D eigenvalue weighted by molar-refractivity contribution is -0.117. The summed E-state index contributed by atoms with van der Waals surface area (Å²) in [6.07, 6.45) is 4.95. The minimum absolute atomic E-state index is 0.228. The van der Waals surface area contributed by atoms with Crippen LogP contribution in [0.1, 0.15) is 24.4 Å². The average Bonchev–Trinajstić information content (AvgIpc) is 3.28. The number of methoxy groups -OCH3 is 1. The van der Waals surface area contributed by atoms with Crippen LogP contribution in [0, 0.1) is 0 Å². The molecule has 7 nitrogen and oxygen atoms in total. The zero-order valence-corrected chi connectivity index (χ0v) is 16.8. The summed E-state index contributed by atoms with van der Waals surface area (Å²) < 4.78 is 16.6. The number of carbonyl (C=O) groups excluding carboxylic acids is 1. The summed E-state index contributed by atoms with van der Waals surface area (Å²) >= 11 is 0. The van der Waals surface area contributed by atoms with Crippen molar-refractivity contribution in [3.8, 4) is 28.5 Å². The van der Waals surface area contributed by atoms with Crippen molar-refractivity contribution in [3.05, 3.63) is 66.1 Å². The third kappa shape index (κ3) is 4.30. The molecule has 1 aromatic heterocycles. The fraction of sp³-hybridized carbons (Fsp3) is 0.217. The molecule has 2 aromatic carbocycles. The molecule has 7 heteroatoms. The fourth-order valence-corrected chi connectivity index (χ4v) is 3.21. The highest BCUT2D eigenvalue weighted by molar-refractivity contribution is 5.92. The third-order valence-corrected chi connectivity index (χ3v) is 4.73. The second-order valence-corrected chi connectivity index (χ2v) is 6.86. The zero-order chi connectivity index (χ0) is 20.9. The van der Waals surface area contributed by atoms with Crippen LogP contribution < -0.4 is 19.5 Å². The molecule has 0 fully saturated rings. The monoisotopic (exact) mass is 405 g/mol. The number of hydrogen-bond donors (Lipinski definition) is 2. The van der Waals surface area contributed by atoms with Crippen LogP contribution in [-0.2, 0) is 4.79 Å². The van der Waals surface area contributed by atoms with E-state index in [9.17, 15) is 4.79 Å². The number of imidazole rings is 1. The quantitative estimate of drug-likeness (QED) is 0.610. The van der Waals surface area contributed by atoms with E-state index in [1.54, 1.807) is 25.4 Å². The summed E-state index contributed by atoms with van der Waals surface area (Å²) in [6.45, 7) is 2.85. The molecule has 3 aromatic rings. The number of nitrogens with one attached hydrogen (secondary N) is 2. The van der Waals surface area contributed by atoms with Crippen LogP contribution in [0.3, 0.4) is 0 Å². The van der Waals surface area contributed by atoms with E-state index in [2.05, 4.69) is 15.3 Å². The first-order chi connectivity index (χ1) is 14.6. The first kappa shape index (κ1) is 19.6. The lowest BCUT2D eigenvalue weighted by Crippen LogP contribution is -2.25. The van der Waals surface area contributed by atoms with E-state index in [0.717, 1.165) is 16.8 Å². The first-order valence-electron chi connectivity index (χ1n) is 9.70. The lowest BCUT2D eigenvalue weighted by Gasteiger charge is -2.20. The molecule has 0 bridgehead atoms. The number of amides is 1. The van der Waals surface area contributed by atoms with Gasteiger partial charge >= 0.3 is 0 Å². The minimum atomic E-state index is -0.269. The van der Waals surface area contributed by atoms with Crippen molar-refractivity contribution in [2.24, 2.45) is 0 Å². The molecule has 30 heavy (non-hydrogen) atoms. The van der Waals surface area contributed by atoms with Gasteiger partial charge < -0.3 is 24.5 Å². The zero-order valence-electron chi connectivity index (χ0n) is 16.8. The van der Waals surface area contributed by atoms with Gasteiger partial charge in [-0.05, 0) is 36.3 Å². The molecule has 2 heterocycles. The van der Waals surface area contributed by atoms with Crippen molar-refractivity contribution >= 4 is 12.0 Å². The number of fused-ring (bicyclic) bond motifs is 1. The molecule has 1 amide bonds. The molecule has 1 aliphatic rings. The molecule has 0 saturated carbocycles. The van der Waals surface area contributed by atoms with Gasteiger partial charge in [0, 0.05) is 6.08 Å². The van der Waals surface area contributed by atoms with Gasteiger partial charge in [-0.2, -0.15) is 0 Å². The Kier molecular flexibility index (Phi) is 5.70. The Hall–Kier alpha value is -3.74. The second-order valence-electron chi connectivity index (χ2n) is 6.86.